The molecular weight excluding hydrogens is 190 g/mol. The highest BCUT2D eigenvalue weighted by Crippen LogP contribution is 2.38. The van der Waals surface area contributed by atoms with E-state index in [-0.39, 0.29) is 5.54 Å². The summed E-state index contributed by atoms with van der Waals surface area (Å²) in [7, 11) is 0. The number of hydrogen-bond acceptors (Lipinski definition) is 5. The molecule has 0 unspecified atom stereocenters. The van der Waals surface area contributed by atoms with Gasteiger partial charge in [-0.15, -0.1) is 0 Å². The summed E-state index contributed by atoms with van der Waals surface area (Å²) in [6.45, 7) is 6.02. The first-order valence-corrected chi connectivity index (χ1v) is 5.14. The Morgan fingerprint density at radius 2 is 1.80 bits per heavy atom. The minimum atomic E-state index is 0.220. The third-order valence-electron chi connectivity index (χ3n) is 2.81. The molecule has 0 saturated heterocycles. The van der Waals surface area contributed by atoms with Crippen LogP contribution in [0.3, 0.4) is 0 Å². The van der Waals surface area contributed by atoms with E-state index in [4.69, 9.17) is 5.84 Å². The Balaban J connectivity index is 2.32. The highest BCUT2D eigenvalue weighted by Gasteiger charge is 2.37. The highest BCUT2D eigenvalue weighted by molar-refractivity contribution is 5.58. The second kappa shape index (κ2) is 3.34. The fraction of sp³-hybridized carbons (Fsp3) is 0.600. The number of rotatable bonds is 3. The molecule has 1 aliphatic rings. The fourth-order valence-corrected chi connectivity index (χ4v) is 1.49. The molecule has 0 aliphatic heterocycles. The van der Waals surface area contributed by atoms with Crippen LogP contribution in [0.5, 0.6) is 0 Å². The molecule has 1 aromatic heterocycles. The number of anilines is 2. The quantitative estimate of drug-likeness (QED) is 0.515. The molecule has 1 heterocycles. The van der Waals surface area contributed by atoms with Crippen LogP contribution in [0.25, 0.3) is 0 Å². The topological polar surface area (TPSA) is 75.9 Å². The summed E-state index contributed by atoms with van der Waals surface area (Å²) in [6.07, 6.45) is 2.39. The van der Waals surface area contributed by atoms with Crippen molar-refractivity contribution in [2.75, 3.05) is 10.7 Å². The lowest BCUT2D eigenvalue weighted by atomic mass is 10.2. The Morgan fingerprint density at radius 1 is 1.20 bits per heavy atom. The zero-order valence-corrected chi connectivity index (χ0v) is 9.39. The molecule has 0 aromatic carbocycles. The maximum absolute atomic E-state index is 5.40. The van der Waals surface area contributed by atoms with Crippen molar-refractivity contribution in [3.8, 4) is 0 Å². The molecule has 4 N–H and O–H groups in total. The van der Waals surface area contributed by atoms with Gasteiger partial charge >= 0.3 is 0 Å². The first-order chi connectivity index (χ1) is 7.04. The van der Waals surface area contributed by atoms with Gasteiger partial charge in [-0.3, -0.25) is 0 Å². The zero-order chi connectivity index (χ0) is 11.1. The molecule has 82 valence electrons. The number of hydrogen-bond donors (Lipinski definition) is 3. The van der Waals surface area contributed by atoms with Gasteiger partial charge in [0.1, 0.15) is 17.5 Å². The molecule has 5 nitrogen and oxygen atoms in total. The van der Waals surface area contributed by atoms with Crippen LogP contribution in [0, 0.1) is 13.8 Å². The van der Waals surface area contributed by atoms with Crippen molar-refractivity contribution in [3.63, 3.8) is 0 Å². The van der Waals surface area contributed by atoms with Crippen molar-refractivity contribution >= 4 is 11.6 Å². The van der Waals surface area contributed by atoms with Gasteiger partial charge in [0.2, 0.25) is 0 Å². The van der Waals surface area contributed by atoms with Gasteiger partial charge in [0, 0.05) is 11.1 Å². The Labute approximate surface area is 89.5 Å². The summed E-state index contributed by atoms with van der Waals surface area (Å²) in [6, 6.07) is 0. The van der Waals surface area contributed by atoms with E-state index in [0.717, 1.165) is 17.2 Å². The molecule has 0 radical (unpaired) electrons. The van der Waals surface area contributed by atoms with Gasteiger partial charge in [-0.25, -0.2) is 15.8 Å². The summed E-state index contributed by atoms with van der Waals surface area (Å²) < 4.78 is 0. The first-order valence-electron chi connectivity index (χ1n) is 5.14. The van der Waals surface area contributed by atoms with Crippen molar-refractivity contribution < 1.29 is 0 Å². The van der Waals surface area contributed by atoms with Crippen molar-refractivity contribution in [1.29, 1.82) is 0 Å². The summed E-state index contributed by atoms with van der Waals surface area (Å²) >= 11 is 0. The van der Waals surface area contributed by atoms with Crippen LogP contribution in [0.4, 0.5) is 11.6 Å². The van der Waals surface area contributed by atoms with E-state index < -0.39 is 0 Å². The number of aromatic nitrogens is 2. The summed E-state index contributed by atoms with van der Waals surface area (Å²) in [4.78, 5) is 8.60. The normalized spacial score (nSPS) is 17.3. The van der Waals surface area contributed by atoms with Gasteiger partial charge in [-0.1, -0.05) is 0 Å². The van der Waals surface area contributed by atoms with E-state index >= 15 is 0 Å². The Morgan fingerprint density at radius 3 is 2.33 bits per heavy atom. The number of hydrazine groups is 1. The minimum Gasteiger partial charge on any atom is -0.365 e. The van der Waals surface area contributed by atoms with E-state index in [0.29, 0.717) is 5.82 Å². The lowest BCUT2D eigenvalue weighted by Gasteiger charge is -2.16. The van der Waals surface area contributed by atoms with E-state index in [2.05, 4.69) is 27.6 Å². The average Bonchev–Trinajstić information content (AvgIpc) is 2.89. The van der Waals surface area contributed by atoms with Crippen molar-refractivity contribution in [2.45, 2.75) is 39.2 Å². The minimum absolute atomic E-state index is 0.220. The first kappa shape index (κ1) is 10.2. The second-order valence-corrected chi connectivity index (χ2v) is 4.42. The molecule has 0 atom stereocenters. The van der Waals surface area contributed by atoms with Crippen LogP contribution in [-0.4, -0.2) is 15.5 Å². The SMILES string of the molecule is Cc1nc(NN)c(C)c(NC2(C)CC2)n1. The van der Waals surface area contributed by atoms with Crippen molar-refractivity contribution in [3.05, 3.63) is 11.4 Å². The second-order valence-electron chi connectivity index (χ2n) is 4.42. The van der Waals surface area contributed by atoms with Gasteiger partial charge in [0.15, 0.2) is 0 Å². The molecule has 1 aromatic rings. The van der Waals surface area contributed by atoms with E-state index in [1.807, 2.05) is 13.8 Å². The fourth-order valence-electron chi connectivity index (χ4n) is 1.49. The molecule has 5 heteroatoms. The maximum Gasteiger partial charge on any atom is 0.148 e. The van der Waals surface area contributed by atoms with Crippen LogP contribution in [0.2, 0.25) is 0 Å². The van der Waals surface area contributed by atoms with E-state index in [1.54, 1.807) is 0 Å². The van der Waals surface area contributed by atoms with Gasteiger partial charge in [0.05, 0.1) is 0 Å². The lowest BCUT2D eigenvalue weighted by Crippen LogP contribution is -2.20. The van der Waals surface area contributed by atoms with Crippen LogP contribution < -0.4 is 16.6 Å². The monoisotopic (exact) mass is 207 g/mol. The number of nitrogens with zero attached hydrogens (tertiary/aromatic N) is 2. The molecular formula is C10H17N5. The molecule has 15 heavy (non-hydrogen) atoms. The summed E-state index contributed by atoms with van der Waals surface area (Å²) in [5.41, 5.74) is 3.78. The van der Waals surface area contributed by atoms with Crippen LogP contribution in [-0.2, 0) is 0 Å². The molecule has 0 spiro atoms. The number of nitrogens with two attached hydrogens (primary N) is 1. The van der Waals surface area contributed by atoms with Gasteiger partial charge < -0.3 is 10.7 Å². The Hall–Kier alpha value is -1.36. The number of nitrogen functional groups attached to an aromatic ring is 1. The molecule has 0 amide bonds. The molecule has 1 fully saturated rings. The lowest BCUT2D eigenvalue weighted by molar-refractivity contribution is 0.813. The molecule has 1 aliphatic carbocycles. The third kappa shape index (κ3) is 2.02. The smallest absolute Gasteiger partial charge is 0.148 e. The molecule has 2 rings (SSSR count). The average molecular weight is 207 g/mol. The zero-order valence-electron chi connectivity index (χ0n) is 9.39. The Bertz CT molecular complexity index is 384. The van der Waals surface area contributed by atoms with E-state index in [1.165, 1.54) is 12.8 Å². The van der Waals surface area contributed by atoms with E-state index in [9.17, 15) is 0 Å². The van der Waals surface area contributed by atoms with Crippen LogP contribution in [0.1, 0.15) is 31.2 Å². The van der Waals surface area contributed by atoms with Gasteiger partial charge in [-0.2, -0.15) is 0 Å². The molecule has 0 bridgehead atoms. The largest absolute Gasteiger partial charge is 0.365 e. The third-order valence-corrected chi connectivity index (χ3v) is 2.81. The van der Waals surface area contributed by atoms with Gasteiger partial charge in [0.25, 0.3) is 0 Å². The Kier molecular flexibility index (Phi) is 2.26. The predicted molar refractivity (Wildman–Crippen MR) is 60.6 cm³/mol. The van der Waals surface area contributed by atoms with Crippen molar-refractivity contribution in [1.82, 2.24) is 9.97 Å². The molecule has 1 saturated carbocycles. The van der Waals surface area contributed by atoms with Crippen molar-refractivity contribution in [2.24, 2.45) is 5.84 Å². The van der Waals surface area contributed by atoms with Gasteiger partial charge in [-0.05, 0) is 33.6 Å². The summed E-state index contributed by atoms with van der Waals surface area (Å²) in [5.74, 6) is 7.70. The number of aryl methyl sites for hydroxylation is 1. The number of nitrogens with one attached hydrogen (secondary N) is 2. The summed E-state index contributed by atoms with van der Waals surface area (Å²) in [5, 5.41) is 3.43. The maximum atomic E-state index is 5.40. The predicted octanol–water partition coefficient (Wildman–Crippen LogP) is 1.34. The highest BCUT2D eigenvalue weighted by atomic mass is 15.3. The standard InChI is InChI=1S/C10H17N5/c1-6-8(14-10(3)4-5-10)12-7(2)13-9(6)15-11/h4-5,11H2,1-3H3,(H2,12,13,14,15). The van der Waals surface area contributed by atoms with Crippen LogP contribution >= 0.6 is 0 Å². The van der Waals surface area contributed by atoms with Crippen LogP contribution in [0.15, 0.2) is 0 Å².